The average Bonchev–Trinajstić information content (AvgIpc) is 2.57. The molecule has 1 aliphatic rings. The molecule has 0 amide bonds. The number of non-ortho nitro benzene ring substituents is 1. The van der Waals surface area contributed by atoms with E-state index < -0.39 is 4.92 Å². The molecule has 3 rings (SSSR count). The van der Waals surface area contributed by atoms with Gasteiger partial charge in [0.15, 0.2) is 0 Å². The van der Waals surface area contributed by atoms with E-state index in [2.05, 4.69) is 4.99 Å². The summed E-state index contributed by atoms with van der Waals surface area (Å²) in [5.74, 6) is -0.358. The second-order valence-corrected chi connectivity index (χ2v) is 6.97. The van der Waals surface area contributed by atoms with E-state index in [1.165, 1.54) is 23.9 Å². The quantitative estimate of drug-likeness (QED) is 0.409. The third-order valence-electron chi connectivity index (χ3n) is 3.66. The molecule has 0 fully saturated rings. The van der Waals surface area contributed by atoms with Gasteiger partial charge in [0.2, 0.25) is 0 Å². The first kappa shape index (κ1) is 17.2. The minimum Gasteiger partial charge on any atom is -0.460 e. The standard InChI is InChI=1S/C18H16N2O4S/c1-10(2)24-18(21)11(3)12-4-6-14-16(8-12)25-17-9-13(20(22)23)5-7-15(17)19-14/h4-10H,1-3H3/b12-11+. The van der Waals surface area contributed by atoms with E-state index in [9.17, 15) is 14.9 Å². The molecule has 0 saturated carbocycles. The van der Waals surface area contributed by atoms with Crippen LogP contribution in [0.5, 0.6) is 0 Å². The fraction of sp³-hybridized carbons (Fsp3) is 0.222. The van der Waals surface area contributed by atoms with Crippen LogP contribution in [0.4, 0.5) is 11.4 Å². The molecule has 0 unspecified atom stereocenters. The summed E-state index contributed by atoms with van der Waals surface area (Å²) in [5.41, 5.74) is 1.25. The minimum atomic E-state index is -0.424. The van der Waals surface area contributed by atoms with Gasteiger partial charge >= 0.3 is 5.97 Å². The van der Waals surface area contributed by atoms with Crippen LogP contribution in [-0.2, 0) is 9.53 Å². The Kier molecular flexibility index (Phi) is 4.59. The Morgan fingerprint density at radius 2 is 1.96 bits per heavy atom. The lowest BCUT2D eigenvalue weighted by Gasteiger charge is -2.12. The third-order valence-corrected chi connectivity index (χ3v) is 4.75. The number of nitrogens with zero attached hydrogens (tertiary/aromatic N) is 2. The molecule has 0 aliphatic carbocycles. The molecule has 0 saturated heterocycles. The number of carbonyl (C=O) groups excluding carboxylic acids is 1. The van der Waals surface area contributed by atoms with Crippen molar-refractivity contribution in [2.75, 3.05) is 0 Å². The molecule has 0 bridgehead atoms. The predicted molar refractivity (Wildman–Crippen MR) is 94.4 cm³/mol. The van der Waals surface area contributed by atoms with Crippen LogP contribution in [0.2, 0.25) is 0 Å². The van der Waals surface area contributed by atoms with E-state index in [1.54, 1.807) is 26.8 Å². The fourth-order valence-corrected chi connectivity index (χ4v) is 3.42. The summed E-state index contributed by atoms with van der Waals surface area (Å²) in [5, 5.41) is 12.5. The molecule has 0 atom stereocenters. The van der Waals surface area contributed by atoms with Crippen LogP contribution in [0, 0.1) is 10.1 Å². The van der Waals surface area contributed by atoms with E-state index in [1.807, 2.05) is 18.2 Å². The van der Waals surface area contributed by atoms with Crippen molar-refractivity contribution in [3.63, 3.8) is 0 Å². The first-order chi connectivity index (χ1) is 11.8. The highest BCUT2D eigenvalue weighted by molar-refractivity contribution is 7.99. The van der Waals surface area contributed by atoms with Crippen molar-refractivity contribution >= 4 is 34.7 Å². The van der Waals surface area contributed by atoms with Crippen molar-refractivity contribution in [3.8, 4) is 0 Å². The van der Waals surface area contributed by atoms with Crippen LogP contribution >= 0.6 is 11.8 Å². The van der Waals surface area contributed by atoms with E-state index in [0.717, 1.165) is 20.4 Å². The summed E-state index contributed by atoms with van der Waals surface area (Å²) in [6.45, 7) is 5.32. The number of ether oxygens (including phenoxy) is 1. The van der Waals surface area contributed by atoms with Gasteiger partial charge < -0.3 is 4.74 Å². The predicted octanol–water partition coefficient (Wildman–Crippen LogP) is 3.13. The van der Waals surface area contributed by atoms with Crippen molar-refractivity contribution in [2.24, 2.45) is 4.99 Å². The maximum absolute atomic E-state index is 12.1. The van der Waals surface area contributed by atoms with E-state index in [-0.39, 0.29) is 17.8 Å². The van der Waals surface area contributed by atoms with Crippen LogP contribution in [0.25, 0.3) is 5.57 Å². The zero-order valence-corrected chi connectivity index (χ0v) is 14.8. The molecule has 2 aromatic rings. The van der Waals surface area contributed by atoms with Gasteiger partial charge in [-0.3, -0.25) is 10.1 Å². The maximum atomic E-state index is 12.1. The van der Waals surface area contributed by atoms with E-state index >= 15 is 0 Å². The maximum Gasteiger partial charge on any atom is 0.334 e. The number of nitro groups is 1. The molecule has 6 nitrogen and oxygen atoms in total. The molecular formula is C18H16N2O4S. The molecule has 7 heteroatoms. The van der Waals surface area contributed by atoms with Crippen LogP contribution in [0.1, 0.15) is 20.8 Å². The fourth-order valence-electron chi connectivity index (χ4n) is 2.38. The summed E-state index contributed by atoms with van der Waals surface area (Å²) in [6.07, 6.45) is -0.183. The Balaban J connectivity index is 2.05. The molecule has 0 radical (unpaired) electrons. The first-order valence-corrected chi connectivity index (χ1v) is 8.54. The summed E-state index contributed by atoms with van der Waals surface area (Å²) >= 11 is 1.41. The second-order valence-electron chi connectivity index (χ2n) is 5.88. The van der Waals surface area contributed by atoms with E-state index in [4.69, 9.17) is 4.74 Å². The monoisotopic (exact) mass is 356 g/mol. The summed E-state index contributed by atoms with van der Waals surface area (Å²) < 4.78 is 5.23. The SMILES string of the molecule is C/C(C(=O)OC(C)C)=c1/ccc2c(c1)Sc1cc([N+](=O)[O-])ccc1N=2. The number of rotatable bonds is 3. The number of hydrogen-bond donors (Lipinski definition) is 0. The van der Waals surface area contributed by atoms with Crippen molar-refractivity contribution < 1.29 is 14.5 Å². The van der Waals surface area contributed by atoms with Crippen molar-refractivity contribution in [2.45, 2.75) is 36.7 Å². The largest absolute Gasteiger partial charge is 0.460 e. The number of nitro benzene ring substituents is 1. The number of hydrogen-bond acceptors (Lipinski definition) is 6. The molecule has 0 aromatic heterocycles. The van der Waals surface area contributed by atoms with Gasteiger partial charge in [-0.25, -0.2) is 9.79 Å². The van der Waals surface area contributed by atoms with Crippen molar-refractivity contribution in [1.82, 2.24) is 0 Å². The lowest BCUT2D eigenvalue weighted by Crippen LogP contribution is -2.20. The normalized spacial score (nSPS) is 13.4. The Bertz CT molecular complexity index is 999. The molecule has 128 valence electrons. The van der Waals surface area contributed by atoms with Gasteiger partial charge in [-0.05, 0) is 44.2 Å². The Hall–Kier alpha value is -2.67. The molecule has 1 aliphatic heterocycles. The summed E-state index contributed by atoms with van der Waals surface area (Å²) in [7, 11) is 0. The zero-order chi connectivity index (χ0) is 18.1. The highest BCUT2D eigenvalue weighted by Crippen LogP contribution is 2.38. The summed E-state index contributed by atoms with van der Waals surface area (Å²) in [6, 6.07) is 10.1. The molecule has 1 heterocycles. The number of carbonyl (C=O) groups is 1. The second kappa shape index (κ2) is 6.68. The van der Waals surface area contributed by atoms with Crippen LogP contribution in [0.3, 0.4) is 0 Å². The number of esters is 1. The van der Waals surface area contributed by atoms with Crippen LogP contribution in [0.15, 0.2) is 51.2 Å². The average molecular weight is 356 g/mol. The number of benzene rings is 2. The molecule has 0 spiro atoms. The van der Waals surface area contributed by atoms with Crippen molar-refractivity contribution in [1.29, 1.82) is 0 Å². The van der Waals surface area contributed by atoms with Gasteiger partial charge in [0.05, 0.1) is 22.1 Å². The topological polar surface area (TPSA) is 81.8 Å². The van der Waals surface area contributed by atoms with Gasteiger partial charge in [0.1, 0.15) is 0 Å². The Labute approximate surface area is 148 Å². The third kappa shape index (κ3) is 3.56. The van der Waals surface area contributed by atoms with Gasteiger partial charge in [0, 0.05) is 27.5 Å². The molecule has 0 N–H and O–H groups in total. The lowest BCUT2D eigenvalue weighted by atomic mass is 10.2. The first-order valence-electron chi connectivity index (χ1n) is 7.72. The van der Waals surface area contributed by atoms with Gasteiger partial charge in [-0.2, -0.15) is 0 Å². The number of fused-ring (bicyclic) bond motifs is 2. The van der Waals surface area contributed by atoms with Gasteiger partial charge in [0.25, 0.3) is 5.69 Å². The highest BCUT2D eigenvalue weighted by atomic mass is 32.2. The van der Waals surface area contributed by atoms with Gasteiger partial charge in [-0.1, -0.05) is 17.8 Å². The van der Waals surface area contributed by atoms with Crippen molar-refractivity contribution in [3.05, 3.63) is 57.1 Å². The molecule has 2 aromatic carbocycles. The highest BCUT2D eigenvalue weighted by Gasteiger charge is 2.17. The Morgan fingerprint density at radius 1 is 1.20 bits per heavy atom. The van der Waals surface area contributed by atoms with E-state index in [0.29, 0.717) is 11.3 Å². The zero-order valence-electron chi connectivity index (χ0n) is 14.0. The lowest BCUT2D eigenvalue weighted by molar-refractivity contribution is -0.385. The van der Waals surface area contributed by atoms with Gasteiger partial charge in [-0.15, -0.1) is 0 Å². The molecular weight excluding hydrogens is 340 g/mol. The Morgan fingerprint density at radius 3 is 2.64 bits per heavy atom. The van der Waals surface area contributed by atoms with Crippen LogP contribution in [-0.4, -0.2) is 17.0 Å². The summed E-state index contributed by atoms with van der Waals surface area (Å²) in [4.78, 5) is 28.7. The van der Waals surface area contributed by atoms with Crippen LogP contribution < -0.4 is 10.6 Å². The smallest absolute Gasteiger partial charge is 0.334 e. The minimum absolute atomic E-state index is 0.0318. The molecule has 25 heavy (non-hydrogen) atoms.